The zero-order valence-electron chi connectivity index (χ0n) is 16.1. The summed E-state index contributed by atoms with van der Waals surface area (Å²) in [5.74, 6) is -0.258. The van der Waals surface area contributed by atoms with E-state index in [1.165, 1.54) is 0 Å². The van der Waals surface area contributed by atoms with Crippen molar-refractivity contribution in [3.05, 3.63) is 35.9 Å². The third kappa shape index (κ3) is 4.86. The molecule has 1 aromatic rings. The summed E-state index contributed by atoms with van der Waals surface area (Å²) in [7, 11) is 0. The van der Waals surface area contributed by atoms with Crippen molar-refractivity contribution in [3.8, 4) is 0 Å². The zero-order valence-corrected chi connectivity index (χ0v) is 16.1. The quantitative estimate of drug-likeness (QED) is 0.797. The van der Waals surface area contributed by atoms with Crippen LogP contribution in [0, 0.1) is 0 Å². The molecule has 2 aliphatic heterocycles. The Bertz CT molecular complexity index is 631. The van der Waals surface area contributed by atoms with Gasteiger partial charge in [0.05, 0.1) is 19.3 Å². The average Bonchev–Trinajstić information content (AvgIpc) is 2.68. The number of carbonyl (C=O) groups is 2. The molecule has 2 fully saturated rings. The zero-order chi connectivity index (χ0) is 19.2. The number of rotatable bonds is 6. The molecule has 2 amide bonds. The van der Waals surface area contributed by atoms with Crippen molar-refractivity contribution in [2.75, 3.05) is 46.0 Å². The van der Waals surface area contributed by atoms with Gasteiger partial charge in [-0.1, -0.05) is 30.3 Å². The molecular formula is C20H29N3O4. The van der Waals surface area contributed by atoms with Gasteiger partial charge >= 0.3 is 0 Å². The van der Waals surface area contributed by atoms with Gasteiger partial charge in [0, 0.05) is 32.2 Å². The first-order valence-corrected chi connectivity index (χ1v) is 9.63. The van der Waals surface area contributed by atoms with Crippen molar-refractivity contribution in [1.82, 2.24) is 15.1 Å². The molecule has 1 aromatic carbocycles. The van der Waals surface area contributed by atoms with Gasteiger partial charge in [-0.25, -0.2) is 0 Å². The second-order valence-electron chi connectivity index (χ2n) is 7.23. The molecule has 0 saturated carbocycles. The van der Waals surface area contributed by atoms with Crippen LogP contribution in [0.15, 0.2) is 30.3 Å². The Morgan fingerprint density at radius 3 is 2.59 bits per heavy atom. The monoisotopic (exact) mass is 375 g/mol. The van der Waals surface area contributed by atoms with Gasteiger partial charge in [0.25, 0.3) is 5.91 Å². The Hall–Kier alpha value is -1.96. The maximum absolute atomic E-state index is 12.9. The van der Waals surface area contributed by atoms with E-state index in [9.17, 15) is 9.59 Å². The van der Waals surface area contributed by atoms with Gasteiger partial charge in [-0.15, -0.1) is 0 Å². The van der Waals surface area contributed by atoms with Gasteiger partial charge in [0.15, 0.2) is 6.10 Å². The topological polar surface area (TPSA) is 71.1 Å². The molecule has 7 heteroatoms. The van der Waals surface area contributed by atoms with E-state index < -0.39 is 12.1 Å². The molecule has 148 valence electrons. The van der Waals surface area contributed by atoms with Crippen LogP contribution in [0.1, 0.15) is 25.5 Å². The molecule has 7 nitrogen and oxygen atoms in total. The predicted octanol–water partition coefficient (Wildman–Crippen LogP) is 0.812. The van der Waals surface area contributed by atoms with Gasteiger partial charge in [-0.05, 0) is 19.4 Å². The highest BCUT2D eigenvalue weighted by molar-refractivity contribution is 5.86. The van der Waals surface area contributed by atoms with Gasteiger partial charge in [0.1, 0.15) is 6.61 Å². The fourth-order valence-corrected chi connectivity index (χ4v) is 3.70. The minimum Gasteiger partial charge on any atom is -0.379 e. The van der Waals surface area contributed by atoms with Crippen LogP contribution in [0.5, 0.6) is 0 Å². The first kappa shape index (κ1) is 19.8. The highest BCUT2D eigenvalue weighted by Gasteiger charge is 2.42. The van der Waals surface area contributed by atoms with Gasteiger partial charge < -0.3 is 19.7 Å². The molecule has 2 atom stereocenters. The lowest BCUT2D eigenvalue weighted by atomic mass is 9.96. The van der Waals surface area contributed by atoms with E-state index >= 15 is 0 Å². The van der Waals surface area contributed by atoms with Crippen molar-refractivity contribution in [2.24, 2.45) is 0 Å². The summed E-state index contributed by atoms with van der Waals surface area (Å²) in [5.41, 5.74) is 0.910. The Labute approximate surface area is 160 Å². The molecule has 1 N–H and O–H groups in total. The molecule has 3 rings (SSSR count). The number of amides is 2. The summed E-state index contributed by atoms with van der Waals surface area (Å²) < 4.78 is 11.0. The lowest BCUT2D eigenvalue weighted by Gasteiger charge is -2.42. The minimum absolute atomic E-state index is 0.0183. The maximum atomic E-state index is 12.9. The third-order valence-electron chi connectivity index (χ3n) is 5.05. The number of ether oxygens (including phenoxy) is 2. The molecule has 0 aliphatic carbocycles. The van der Waals surface area contributed by atoms with Gasteiger partial charge in [-0.3, -0.25) is 14.5 Å². The second kappa shape index (κ2) is 9.30. The molecule has 2 saturated heterocycles. The van der Waals surface area contributed by atoms with Crippen molar-refractivity contribution >= 4 is 11.8 Å². The van der Waals surface area contributed by atoms with E-state index in [4.69, 9.17) is 9.47 Å². The third-order valence-corrected chi connectivity index (χ3v) is 5.05. The molecular weight excluding hydrogens is 346 g/mol. The number of hydrogen-bond acceptors (Lipinski definition) is 5. The number of nitrogens with zero attached hydrogens (tertiary/aromatic N) is 2. The van der Waals surface area contributed by atoms with Crippen LogP contribution in [0.3, 0.4) is 0 Å². The SMILES string of the molecule is CC(C)N1C(=O)CO[C@H](C(=O)NCCN2CCOCC2)[C@H]1c1ccccc1. The largest absolute Gasteiger partial charge is 0.379 e. The fourth-order valence-electron chi connectivity index (χ4n) is 3.70. The molecule has 27 heavy (non-hydrogen) atoms. The number of hydrogen-bond donors (Lipinski definition) is 1. The Kier molecular flexibility index (Phi) is 6.82. The van der Waals surface area contributed by atoms with E-state index in [2.05, 4.69) is 10.2 Å². The maximum Gasteiger partial charge on any atom is 0.251 e. The second-order valence-corrected chi connectivity index (χ2v) is 7.23. The number of nitrogens with one attached hydrogen (secondary N) is 1. The lowest BCUT2D eigenvalue weighted by Crippen LogP contribution is -2.56. The first-order valence-electron chi connectivity index (χ1n) is 9.63. The van der Waals surface area contributed by atoms with Crippen LogP contribution >= 0.6 is 0 Å². The van der Waals surface area contributed by atoms with Crippen LogP contribution < -0.4 is 5.32 Å². The Morgan fingerprint density at radius 1 is 1.22 bits per heavy atom. The summed E-state index contributed by atoms with van der Waals surface area (Å²) in [6.07, 6.45) is -0.711. The summed E-state index contributed by atoms with van der Waals surface area (Å²) in [6, 6.07) is 9.20. The molecule has 0 unspecified atom stereocenters. The van der Waals surface area contributed by atoms with E-state index in [1.807, 2.05) is 44.2 Å². The lowest BCUT2D eigenvalue weighted by molar-refractivity contribution is -0.167. The molecule has 0 aromatic heterocycles. The summed E-state index contributed by atoms with van der Waals surface area (Å²) in [6.45, 7) is 8.45. The van der Waals surface area contributed by atoms with Gasteiger partial charge in [0.2, 0.25) is 5.91 Å². The smallest absolute Gasteiger partial charge is 0.251 e. The van der Waals surface area contributed by atoms with Crippen LogP contribution in [-0.2, 0) is 19.1 Å². The molecule has 2 aliphatic rings. The highest BCUT2D eigenvalue weighted by atomic mass is 16.5. The number of morpholine rings is 2. The Morgan fingerprint density at radius 2 is 1.93 bits per heavy atom. The predicted molar refractivity (Wildman–Crippen MR) is 101 cm³/mol. The van der Waals surface area contributed by atoms with Crippen LogP contribution in [0.2, 0.25) is 0 Å². The average molecular weight is 375 g/mol. The van der Waals surface area contributed by atoms with E-state index in [0.29, 0.717) is 6.54 Å². The standard InChI is InChI=1S/C20H29N3O4/c1-15(2)23-17(24)14-27-19(18(23)16-6-4-3-5-7-16)20(25)21-8-9-22-10-12-26-13-11-22/h3-7,15,18-19H,8-14H2,1-2H3,(H,21,25)/t18-,19+/m1/s1. The summed E-state index contributed by atoms with van der Waals surface area (Å²) >= 11 is 0. The summed E-state index contributed by atoms with van der Waals surface area (Å²) in [4.78, 5) is 29.4. The van der Waals surface area contributed by atoms with Gasteiger partial charge in [-0.2, -0.15) is 0 Å². The van der Waals surface area contributed by atoms with Crippen LogP contribution in [0.25, 0.3) is 0 Å². The van der Waals surface area contributed by atoms with Crippen LogP contribution in [0.4, 0.5) is 0 Å². The van der Waals surface area contributed by atoms with Crippen molar-refractivity contribution < 1.29 is 19.1 Å². The van der Waals surface area contributed by atoms with E-state index in [1.54, 1.807) is 4.90 Å². The number of carbonyl (C=O) groups excluding carboxylic acids is 2. The highest BCUT2D eigenvalue weighted by Crippen LogP contribution is 2.32. The summed E-state index contributed by atoms with van der Waals surface area (Å²) in [5, 5.41) is 2.99. The van der Waals surface area contributed by atoms with Crippen molar-refractivity contribution in [3.63, 3.8) is 0 Å². The first-order chi connectivity index (χ1) is 13.1. The number of benzene rings is 1. The molecule has 0 spiro atoms. The van der Waals surface area contributed by atoms with E-state index in [-0.39, 0.29) is 24.5 Å². The van der Waals surface area contributed by atoms with Crippen molar-refractivity contribution in [2.45, 2.75) is 32.0 Å². The molecule has 0 radical (unpaired) electrons. The fraction of sp³-hybridized carbons (Fsp3) is 0.600. The Balaban J connectivity index is 1.69. The molecule has 2 heterocycles. The molecule has 0 bridgehead atoms. The minimum atomic E-state index is -0.711. The van der Waals surface area contributed by atoms with Crippen molar-refractivity contribution in [1.29, 1.82) is 0 Å². The normalized spacial score (nSPS) is 24.3. The van der Waals surface area contributed by atoms with E-state index in [0.717, 1.165) is 38.4 Å². The van der Waals surface area contributed by atoms with Crippen LogP contribution in [-0.4, -0.2) is 79.8 Å².